The molecule has 5 nitrogen and oxygen atoms in total. The maximum Gasteiger partial charge on any atom is 0.326 e. The molecule has 1 amide bonds. The molecule has 6 heteroatoms. The fourth-order valence-corrected chi connectivity index (χ4v) is 3.69. The summed E-state index contributed by atoms with van der Waals surface area (Å²) >= 11 is 1.16. The average Bonchev–Trinajstić information content (AvgIpc) is 2.76. The number of thioether (sulfide) groups is 1. The molecule has 144 valence electrons. The summed E-state index contributed by atoms with van der Waals surface area (Å²) in [5, 5.41) is 0.00723. The molecule has 0 heterocycles. The molecule has 0 radical (unpaired) electrons. The van der Waals surface area contributed by atoms with E-state index in [0.29, 0.717) is 5.75 Å². The van der Waals surface area contributed by atoms with E-state index in [9.17, 15) is 14.4 Å². The largest absolute Gasteiger partial charge is 0.459 e. The van der Waals surface area contributed by atoms with Gasteiger partial charge < -0.3 is 9.64 Å². The van der Waals surface area contributed by atoms with Crippen molar-refractivity contribution < 1.29 is 19.1 Å². The zero-order valence-electron chi connectivity index (χ0n) is 16.3. The van der Waals surface area contributed by atoms with Gasteiger partial charge >= 0.3 is 5.97 Å². The first kappa shape index (κ1) is 22.0. The number of nitrogens with zero attached hydrogens (tertiary/aromatic N) is 1. The molecule has 1 atom stereocenters. The third-order valence-corrected chi connectivity index (χ3v) is 5.30. The van der Waals surface area contributed by atoms with E-state index >= 15 is 0 Å². The van der Waals surface area contributed by atoms with Gasteiger partial charge in [0.2, 0.25) is 5.91 Å². The highest BCUT2D eigenvalue weighted by Gasteiger charge is 2.31. The first-order valence-electron chi connectivity index (χ1n) is 9.26. The maximum atomic E-state index is 13.0. The van der Waals surface area contributed by atoms with Gasteiger partial charge in [-0.05, 0) is 33.6 Å². The SMILES string of the molecule is CC(=O)SCC(C)C(=O)N(CC(=O)OC(C)(C)C)C1CCCCCC1. The lowest BCUT2D eigenvalue weighted by molar-refractivity contribution is -0.160. The van der Waals surface area contributed by atoms with Crippen LogP contribution >= 0.6 is 11.8 Å². The van der Waals surface area contributed by atoms with Crippen LogP contribution in [0.25, 0.3) is 0 Å². The second kappa shape index (κ2) is 10.2. The molecule has 1 saturated carbocycles. The molecular formula is C19H33NO4S. The molecule has 0 bridgehead atoms. The van der Waals surface area contributed by atoms with Gasteiger partial charge in [0, 0.05) is 24.6 Å². The van der Waals surface area contributed by atoms with Crippen molar-refractivity contribution in [2.24, 2.45) is 5.92 Å². The van der Waals surface area contributed by atoms with E-state index in [1.165, 1.54) is 19.8 Å². The molecule has 1 aliphatic rings. The molecule has 0 aliphatic heterocycles. The Hall–Kier alpha value is -1.04. The van der Waals surface area contributed by atoms with Gasteiger partial charge in [-0.25, -0.2) is 0 Å². The Morgan fingerprint density at radius 1 is 1.12 bits per heavy atom. The second-order valence-electron chi connectivity index (χ2n) is 7.90. The molecule has 1 rings (SSSR count). The van der Waals surface area contributed by atoms with Crippen molar-refractivity contribution in [3.05, 3.63) is 0 Å². The maximum absolute atomic E-state index is 13.0. The highest BCUT2D eigenvalue weighted by atomic mass is 32.2. The van der Waals surface area contributed by atoms with Crippen LogP contribution in [0.1, 0.15) is 73.1 Å². The summed E-state index contributed by atoms with van der Waals surface area (Å²) < 4.78 is 5.43. The monoisotopic (exact) mass is 371 g/mol. The van der Waals surface area contributed by atoms with Gasteiger partial charge in [0.25, 0.3) is 0 Å². The third kappa shape index (κ3) is 8.75. The number of hydrogen-bond donors (Lipinski definition) is 0. The lowest BCUT2D eigenvalue weighted by atomic mass is 10.0. The van der Waals surface area contributed by atoms with Gasteiger partial charge in [0.15, 0.2) is 5.12 Å². The first-order chi connectivity index (χ1) is 11.6. The van der Waals surface area contributed by atoms with Crippen LogP contribution in [-0.4, -0.2) is 45.8 Å². The van der Waals surface area contributed by atoms with Gasteiger partial charge in [0.1, 0.15) is 12.1 Å². The lowest BCUT2D eigenvalue weighted by Crippen LogP contribution is -2.47. The Morgan fingerprint density at radius 3 is 2.16 bits per heavy atom. The number of ether oxygens (including phenoxy) is 1. The zero-order chi connectivity index (χ0) is 19.0. The average molecular weight is 372 g/mol. The number of carbonyl (C=O) groups excluding carboxylic acids is 3. The minimum atomic E-state index is -0.564. The predicted molar refractivity (Wildman–Crippen MR) is 101 cm³/mol. The predicted octanol–water partition coefficient (Wildman–Crippen LogP) is 3.80. The van der Waals surface area contributed by atoms with Crippen LogP contribution in [0.4, 0.5) is 0 Å². The molecule has 0 aromatic carbocycles. The molecule has 0 saturated heterocycles. The van der Waals surface area contributed by atoms with Crippen LogP contribution in [0.2, 0.25) is 0 Å². The number of amides is 1. The van der Waals surface area contributed by atoms with E-state index in [1.807, 2.05) is 27.7 Å². The number of rotatable bonds is 6. The van der Waals surface area contributed by atoms with Gasteiger partial charge in [-0.1, -0.05) is 44.4 Å². The fraction of sp³-hybridized carbons (Fsp3) is 0.842. The summed E-state index contributed by atoms with van der Waals surface area (Å²) in [5.41, 5.74) is -0.564. The van der Waals surface area contributed by atoms with E-state index in [-0.39, 0.29) is 35.5 Å². The molecule has 1 fully saturated rings. The second-order valence-corrected chi connectivity index (χ2v) is 9.10. The fourth-order valence-electron chi connectivity index (χ4n) is 3.07. The summed E-state index contributed by atoms with van der Waals surface area (Å²) in [7, 11) is 0. The Morgan fingerprint density at radius 2 is 1.68 bits per heavy atom. The summed E-state index contributed by atoms with van der Waals surface area (Å²) in [6.07, 6.45) is 6.39. The topological polar surface area (TPSA) is 63.7 Å². The van der Waals surface area contributed by atoms with Gasteiger partial charge in [-0.15, -0.1) is 0 Å². The Balaban J connectivity index is 2.83. The van der Waals surface area contributed by atoms with Crippen LogP contribution in [0, 0.1) is 5.92 Å². The Kier molecular flexibility index (Phi) is 8.97. The van der Waals surface area contributed by atoms with Crippen molar-refractivity contribution in [2.75, 3.05) is 12.3 Å². The van der Waals surface area contributed by atoms with Crippen LogP contribution in [0.3, 0.4) is 0 Å². The quantitative estimate of drug-likeness (QED) is 0.525. The number of hydrogen-bond acceptors (Lipinski definition) is 5. The van der Waals surface area contributed by atoms with E-state index in [0.717, 1.165) is 37.4 Å². The van der Waals surface area contributed by atoms with Gasteiger partial charge in [-0.3, -0.25) is 14.4 Å². The van der Waals surface area contributed by atoms with E-state index in [1.54, 1.807) is 4.90 Å². The first-order valence-corrected chi connectivity index (χ1v) is 10.2. The standard InChI is InChI=1S/C19H33NO4S/c1-14(13-25-15(2)21)18(23)20(12-17(22)24-19(3,4)5)16-10-8-6-7-9-11-16/h14,16H,6-13H2,1-5H3. The van der Waals surface area contributed by atoms with Crippen LogP contribution < -0.4 is 0 Å². The minimum absolute atomic E-state index is 0.00412. The van der Waals surface area contributed by atoms with Gasteiger partial charge in [-0.2, -0.15) is 0 Å². The molecule has 0 N–H and O–H groups in total. The summed E-state index contributed by atoms with van der Waals surface area (Å²) in [6.45, 7) is 8.82. The number of esters is 1. The van der Waals surface area contributed by atoms with Crippen molar-refractivity contribution in [3.8, 4) is 0 Å². The Labute approximate surface area is 156 Å². The summed E-state index contributed by atoms with van der Waals surface area (Å²) in [4.78, 5) is 38.2. The van der Waals surface area contributed by atoms with Crippen LogP contribution in [-0.2, 0) is 19.1 Å². The van der Waals surface area contributed by atoms with Crippen molar-refractivity contribution in [2.45, 2.75) is 84.8 Å². The van der Waals surface area contributed by atoms with E-state index < -0.39 is 5.60 Å². The molecule has 1 unspecified atom stereocenters. The van der Waals surface area contributed by atoms with Gasteiger partial charge in [0.05, 0.1) is 0 Å². The molecule has 0 aromatic heterocycles. The summed E-state index contributed by atoms with van der Waals surface area (Å²) in [6, 6.07) is 0.0901. The highest BCUT2D eigenvalue weighted by molar-refractivity contribution is 8.13. The van der Waals surface area contributed by atoms with E-state index in [4.69, 9.17) is 4.74 Å². The number of carbonyl (C=O) groups is 3. The lowest BCUT2D eigenvalue weighted by Gasteiger charge is -2.33. The molecule has 0 aromatic rings. The summed E-state index contributed by atoms with van der Waals surface area (Å²) in [5.74, 6) is -0.256. The third-order valence-electron chi connectivity index (χ3n) is 4.23. The Bertz CT molecular complexity index is 465. The minimum Gasteiger partial charge on any atom is -0.459 e. The molecular weight excluding hydrogens is 338 g/mol. The van der Waals surface area contributed by atoms with Crippen molar-refractivity contribution >= 4 is 28.8 Å². The smallest absolute Gasteiger partial charge is 0.326 e. The molecule has 0 spiro atoms. The van der Waals surface area contributed by atoms with Crippen molar-refractivity contribution in [3.63, 3.8) is 0 Å². The van der Waals surface area contributed by atoms with E-state index in [2.05, 4.69) is 0 Å². The molecule has 1 aliphatic carbocycles. The van der Waals surface area contributed by atoms with Crippen LogP contribution in [0.5, 0.6) is 0 Å². The normalized spacial score (nSPS) is 17.5. The van der Waals surface area contributed by atoms with Crippen molar-refractivity contribution in [1.82, 2.24) is 4.90 Å². The highest BCUT2D eigenvalue weighted by Crippen LogP contribution is 2.24. The zero-order valence-corrected chi connectivity index (χ0v) is 17.1. The van der Waals surface area contributed by atoms with Crippen molar-refractivity contribution in [1.29, 1.82) is 0 Å². The van der Waals surface area contributed by atoms with Crippen LogP contribution in [0.15, 0.2) is 0 Å². The molecule has 25 heavy (non-hydrogen) atoms.